The third kappa shape index (κ3) is 2.22. The fourth-order valence-corrected chi connectivity index (χ4v) is 2.85. The molecular weight excluding hydrogens is 309 g/mol. The van der Waals surface area contributed by atoms with Crippen LogP contribution in [0.1, 0.15) is 29.9 Å². The zero-order chi connectivity index (χ0) is 16.7. The first kappa shape index (κ1) is 14.4. The Morgan fingerprint density at radius 2 is 2.04 bits per heavy atom. The number of phenolic OH excluding ortho intramolecular Hbond substituents is 1. The molecule has 1 aromatic heterocycles. The summed E-state index contributed by atoms with van der Waals surface area (Å²) in [7, 11) is 0. The molecule has 6 heteroatoms. The number of hydrogen-bond donors (Lipinski definition) is 1. The second kappa shape index (κ2) is 5.17. The third-order valence-corrected chi connectivity index (χ3v) is 4.32. The Balaban J connectivity index is 1.73. The molecule has 0 unspecified atom stereocenters. The number of aromatic hydroxyl groups is 1. The van der Waals surface area contributed by atoms with Crippen molar-refractivity contribution in [3.05, 3.63) is 65.3 Å². The minimum Gasteiger partial charge on any atom is -0.508 e. The number of benzene rings is 2. The molecule has 5 nitrogen and oxygen atoms in total. The number of hydrogen-bond acceptors (Lipinski definition) is 5. The fourth-order valence-electron chi connectivity index (χ4n) is 2.85. The Morgan fingerprint density at radius 1 is 1.21 bits per heavy atom. The molecule has 0 saturated heterocycles. The maximum Gasteiger partial charge on any atom is 0.237 e. The lowest BCUT2D eigenvalue weighted by Crippen LogP contribution is -2.09. The summed E-state index contributed by atoms with van der Waals surface area (Å²) in [5.74, 6) is -0.212. The zero-order valence-electron chi connectivity index (χ0n) is 12.5. The van der Waals surface area contributed by atoms with Crippen LogP contribution in [0.25, 0.3) is 11.4 Å². The van der Waals surface area contributed by atoms with E-state index in [0.717, 1.165) is 24.5 Å². The second-order valence-electron chi connectivity index (χ2n) is 5.86. The largest absolute Gasteiger partial charge is 0.508 e. The van der Waals surface area contributed by atoms with Crippen molar-refractivity contribution >= 4 is 0 Å². The van der Waals surface area contributed by atoms with Gasteiger partial charge in [-0.1, -0.05) is 17.3 Å². The quantitative estimate of drug-likeness (QED) is 0.798. The Labute approximate surface area is 137 Å². The lowest BCUT2D eigenvalue weighted by atomic mass is 9.94. The van der Waals surface area contributed by atoms with Gasteiger partial charge >= 0.3 is 0 Å². The van der Waals surface area contributed by atoms with Crippen LogP contribution in [0.15, 0.2) is 47.0 Å². The van der Waals surface area contributed by atoms with E-state index in [1.807, 2.05) is 18.2 Å². The Bertz CT molecular complexity index is 970. The highest BCUT2D eigenvalue weighted by Gasteiger charge is 2.51. The van der Waals surface area contributed by atoms with Crippen LogP contribution in [-0.2, 0) is 5.41 Å². The topological polar surface area (TPSA) is 82.9 Å². The van der Waals surface area contributed by atoms with Crippen molar-refractivity contribution in [1.29, 1.82) is 5.26 Å². The van der Waals surface area contributed by atoms with Gasteiger partial charge in [0.15, 0.2) is 0 Å². The molecule has 3 aromatic rings. The SMILES string of the molecule is N#Cc1cccc(C2(c3nc(-c4ccc(O)cc4F)no3)CC2)c1. The molecule has 0 atom stereocenters. The molecule has 4 rings (SSSR count). The number of aromatic nitrogens is 2. The number of nitrogens with zero attached hydrogens (tertiary/aromatic N) is 3. The fraction of sp³-hybridized carbons (Fsp3) is 0.167. The molecule has 1 N–H and O–H groups in total. The second-order valence-corrected chi connectivity index (χ2v) is 5.86. The van der Waals surface area contributed by atoms with Crippen molar-refractivity contribution < 1.29 is 14.0 Å². The average molecular weight is 321 g/mol. The number of rotatable bonds is 3. The summed E-state index contributed by atoms with van der Waals surface area (Å²) in [6.45, 7) is 0. The minimum atomic E-state index is -0.612. The number of nitriles is 1. The van der Waals surface area contributed by atoms with Crippen LogP contribution in [0.5, 0.6) is 5.75 Å². The summed E-state index contributed by atoms with van der Waals surface area (Å²) in [4.78, 5) is 4.35. The Hall–Kier alpha value is -3.20. The van der Waals surface area contributed by atoms with Crippen LogP contribution in [0.2, 0.25) is 0 Å². The first-order chi connectivity index (χ1) is 11.6. The highest BCUT2D eigenvalue weighted by Crippen LogP contribution is 2.53. The predicted octanol–water partition coefficient (Wildman–Crippen LogP) is 3.53. The highest BCUT2D eigenvalue weighted by molar-refractivity contribution is 5.57. The van der Waals surface area contributed by atoms with Gasteiger partial charge < -0.3 is 9.63 Å². The lowest BCUT2D eigenvalue weighted by Gasteiger charge is -2.10. The smallest absolute Gasteiger partial charge is 0.237 e. The first-order valence-electron chi connectivity index (χ1n) is 7.46. The first-order valence-corrected chi connectivity index (χ1v) is 7.46. The molecule has 0 bridgehead atoms. The molecule has 1 heterocycles. The maximum absolute atomic E-state index is 14.0. The summed E-state index contributed by atoms with van der Waals surface area (Å²) in [5, 5.41) is 22.2. The number of halogens is 1. The third-order valence-electron chi connectivity index (χ3n) is 4.32. The van der Waals surface area contributed by atoms with Crippen molar-refractivity contribution in [2.45, 2.75) is 18.3 Å². The van der Waals surface area contributed by atoms with Crippen molar-refractivity contribution in [1.82, 2.24) is 10.1 Å². The molecular formula is C18H12FN3O2. The molecule has 1 aliphatic rings. The van der Waals surface area contributed by atoms with Gasteiger partial charge in [-0.2, -0.15) is 10.2 Å². The molecule has 0 aliphatic heterocycles. The van der Waals surface area contributed by atoms with Gasteiger partial charge in [0.25, 0.3) is 0 Å². The predicted molar refractivity (Wildman–Crippen MR) is 82.5 cm³/mol. The van der Waals surface area contributed by atoms with Crippen molar-refractivity contribution in [3.8, 4) is 23.2 Å². The van der Waals surface area contributed by atoms with Gasteiger partial charge in [-0.15, -0.1) is 0 Å². The van der Waals surface area contributed by atoms with Crippen LogP contribution < -0.4 is 0 Å². The van der Waals surface area contributed by atoms with E-state index in [4.69, 9.17) is 9.78 Å². The van der Waals surface area contributed by atoms with E-state index in [0.29, 0.717) is 11.5 Å². The average Bonchev–Trinajstić information content (AvgIpc) is 3.26. The summed E-state index contributed by atoms with van der Waals surface area (Å²) >= 11 is 0. The Kier molecular flexibility index (Phi) is 3.10. The molecule has 1 fully saturated rings. The van der Waals surface area contributed by atoms with Gasteiger partial charge in [0.2, 0.25) is 11.7 Å². The van der Waals surface area contributed by atoms with Gasteiger partial charge in [-0.25, -0.2) is 4.39 Å². The van der Waals surface area contributed by atoms with Gasteiger partial charge in [0.1, 0.15) is 11.6 Å². The van der Waals surface area contributed by atoms with Crippen LogP contribution in [0.4, 0.5) is 4.39 Å². The molecule has 1 saturated carbocycles. The van der Waals surface area contributed by atoms with Gasteiger partial charge in [-0.3, -0.25) is 0 Å². The molecule has 0 amide bonds. The monoisotopic (exact) mass is 321 g/mol. The van der Waals surface area contributed by atoms with E-state index in [1.165, 1.54) is 12.1 Å². The summed E-state index contributed by atoms with van der Waals surface area (Å²) < 4.78 is 19.3. The molecule has 2 aromatic carbocycles. The summed E-state index contributed by atoms with van der Waals surface area (Å²) in [5.41, 5.74) is 1.29. The van der Waals surface area contributed by atoms with E-state index in [1.54, 1.807) is 6.07 Å². The Morgan fingerprint density at radius 3 is 2.75 bits per heavy atom. The maximum atomic E-state index is 14.0. The highest BCUT2D eigenvalue weighted by atomic mass is 19.1. The van der Waals surface area contributed by atoms with Gasteiger partial charge in [0, 0.05) is 6.07 Å². The van der Waals surface area contributed by atoms with Crippen molar-refractivity contribution in [3.63, 3.8) is 0 Å². The van der Waals surface area contributed by atoms with Crippen molar-refractivity contribution in [2.24, 2.45) is 0 Å². The molecule has 0 radical (unpaired) electrons. The van der Waals surface area contributed by atoms with E-state index >= 15 is 0 Å². The lowest BCUT2D eigenvalue weighted by molar-refractivity contribution is 0.360. The van der Waals surface area contributed by atoms with E-state index in [9.17, 15) is 9.50 Å². The molecule has 0 spiro atoms. The van der Waals surface area contributed by atoms with Gasteiger partial charge in [-0.05, 0) is 42.7 Å². The molecule has 118 valence electrons. The molecule has 24 heavy (non-hydrogen) atoms. The summed E-state index contributed by atoms with van der Waals surface area (Å²) in [6.07, 6.45) is 1.67. The van der Waals surface area contributed by atoms with Crippen LogP contribution >= 0.6 is 0 Å². The van der Waals surface area contributed by atoms with Gasteiger partial charge in [0.05, 0.1) is 22.6 Å². The van der Waals surface area contributed by atoms with Crippen LogP contribution in [-0.4, -0.2) is 15.2 Å². The molecule has 1 aliphatic carbocycles. The zero-order valence-corrected chi connectivity index (χ0v) is 12.5. The van der Waals surface area contributed by atoms with E-state index < -0.39 is 11.2 Å². The normalized spacial score (nSPS) is 15.0. The van der Waals surface area contributed by atoms with E-state index in [-0.39, 0.29) is 17.1 Å². The number of phenols is 1. The van der Waals surface area contributed by atoms with Crippen LogP contribution in [0, 0.1) is 17.1 Å². The minimum absolute atomic E-state index is 0.144. The standard InChI is InChI=1S/C18H12FN3O2/c19-15-9-13(23)4-5-14(15)16-21-17(24-22-16)18(6-7-18)12-3-1-2-11(8-12)10-20/h1-5,8-9,23H,6-7H2. The van der Waals surface area contributed by atoms with Crippen molar-refractivity contribution in [2.75, 3.05) is 0 Å². The van der Waals surface area contributed by atoms with E-state index in [2.05, 4.69) is 16.2 Å². The van der Waals surface area contributed by atoms with Crippen LogP contribution in [0.3, 0.4) is 0 Å². The summed E-state index contributed by atoms with van der Waals surface area (Å²) in [6, 6.07) is 13.2.